The smallest absolute Gasteiger partial charge is 0.267 e. The predicted molar refractivity (Wildman–Crippen MR) is 106 cm³/mol. The van der Waals surface area contributed by atoms with Gasteiger partial charge in [0, 0.05) is 22.0 Å². The minimum atomic E-state index is -0.384. The van der Waals surface area contributed by atoms with E-state index in [-0.39, 0.29) is 5.91 Å². The van der Waals surface area contributed by atoms with E-state index in [4.69, 9.17) is 5.84 Å². The molecular weight excluding hydrogens is 338 g/mol. The molecule has 0 aliphatic rings. The van der Waals surface area contributed by atoms with E-state index in [9.17, 15) is 4.79 Å². The molecule has 0 aliphatic carbocycles. The number of carbonyl (C=O) groups is 1. The number of hydrogen-bond donors (Lipinski definition) is 3. The molecule has 134 valence electrons. The molecule has 0 saturated heterocycles. The average molecular weight is 357 g/mol. The fourth-order valence-corrected chi connectivity index (χ4v) is 3.49. The maximum Gasteiger partial charge on any atom is 0.267 e. The predicted octanol–water partition coefficient (Wildman–Crippen LogP) is 3.51. The molecule has 0 spiro atoms. The summed E-state index contributed by atoms with van der Waals surface area (Å²) in [5.41, 5.74) is 8.48. The largest absolute Gasteiger partial charge is 0.354 e. The zero-order valence-electron chi connectivity index (χ0n) is 15.1. The molecule has 4 rings (SSSR count). The third kappa shape index (κ3) is 2.76. The minimum Gasteiger partial charge on any atom is -0.354 e. The van der Waals surface area contributed by atoms with Gasteiger partial charge in [-0.05, 0) is 25.5 Å². The molecule has 1 amide bonds. The second-order valence-electron chi connectivity index (χ2n) is 6.38. The zero-order valence-corrected chi connectivity index (χ0v) is 15.1. The van der Waals surface area contributed by atoms with Gasteiger partial charge in [-0.1, -0.05) is 48.5 Å². The average Bonchev–Trinajstić information content (AvgIpc) is 3.09. The SMILES string of the molecule is Cc1nnc(C)c(-c2c(-c3ccccc3)[nH]c3ccccc23)c1C(=O)NN. The van der Waals surface area contributed by atoms with Crippen molar-refractivity contribution in [2.24, 2.45) is 5.84 Å². The van der Waals surface area contributed by atoms with Gasteiger partial charge >= 0.3 is 0 Å². The number of hydrogen-bond acceptors (Lipinski definition) is 4. The van der Waals surface area contributed by atoms with Crippen molar-refractivity contribution < 1.29 is 4.79 Å². The summed E-state index contributed by atoms with van der Waals surface area (Å²) in [6, 6.07) is 18.0. The highest BCUT2D eigenvalue weighted by Gasteiger charge is 2.25. The van der Waals surface area contributed by atoms with Crippen molar-refractivity contribution in [3.05, 3.63) is 71.5 Å². The lowest BCUT2D eigenvalue weighted by Gasteiger charge is -2.14. The normalized spacial score (nSPS) is 10.9. The molecule has 0 fully saturated rings. The number of nitrogen functional groups attached to an aromatic ring is 1. The quantitative estimate of drug-likeness (QED) is 0.297. The molecule has 6 nitrogen and oxygen atoms in total. The number of aromatic amines is 1. The molecule has 4 aromatic rings. The number of nitrogens with two attached hydrogens (primary N) is 1. The van der Waals surface area contributed by atoms with Crippen molar-refractivity contribution in [1.29, 1.82) is 0 Å². The molecular formula is C21H19N5O. The van der Waals surface area contributed by atoms with Crippen LogP contribution in [0.4, 0.5) is 0 Å². The first-order valence-electron chi connectivity index (χ1n) is 8.63. The first kappa shape index (κ1) is 16.9. The van der Waals surface area contributed by atoms with Crippen LogP contribution in [0.15, 0.2) is 54.6 Å². The van der Waals surface area contributed by atoms with E-state index in [1.807, 2.05) is 61.5 Å². The van der Waals surface area contributed by atoms with Crippen LogP contribution < -0.4 is 11.3 Å². The van der Waals surface area contributed by atoms with Gasteiger partial charge in [0.2, 0.25) is 0 Å². The van der Waals surface area contributed by atoms with Crippen LogP contribution in [-0.4, -0.2) is 21.1 Å². The van der Waals surface area contributed by atoms with Crippen LogP contribution in [0.1, 0.15) is 21.7 Å². The van der Waals surface area contributed by atoms with E-state index < -0.39 is 0 Å². The van der Waals surface area contributed by atoms with E-state index in [0.717, 1.165) is 33.3 Å². The summed E-state index contributed by atoms with van der Waals surface area (Å²) in [5.74, 6) is 5.07. The zero-order chi connectivity index (χ0) is 19.0. The van der Waals surface area contributed by atoms with E-state index >= 15 is 0 Å². The molecule has 2 aromatic heterocycles. The Kier molecular flexibility index (Phi) is 4.18. The van der Waals surface area contributed by atoms with Crippen molar-refractivity contribution in [2.75, 3.05) is 0 Å². The molecule has 0 radical (unpaired) electrons. The van der Waals surface area contributed by atoms with Crippen LogP contribution in [0.5, 0.6) is 0 Å². The summed E-state index contributed by atoms with van der Waals surface area (Å²) in [7, 11) is 0. The summed E-state index contributed by atoms with van der Waals surface area (Å²) in [5, 5.41) is 9.40. The Morgan fingerprint density at radius 3 is 2.33 bits per heavy atom. The number of nitrogens with zero attached hydrogens (tertiary/aromatic N) is 2. The van der Waals surface area contributed by atoms with Crippen molar-refractivity contribution >= 4 is 16.8 Å². The number of aryl methyl sites for hydroxylation is 2. The van der Waals surface area contributed by atoms with Gasteiger partial charge in [0.25, 0.3) is 5.91 Å². The minimum absolute atomic E-state index is 0.384. The number of para-hydroxylation sites is 1. The van der Waals surface area contributed by atoms with Gasteiger partial charge in [-0.25, -0.2) is 5.84 Å². The lowest BCUT2D eigenvalue weighted by molar-refractivity contribution is 0.0953. The van der Waals surface area contributed by atoms with Crippen LogP contribution in [0, 0.1) is 13.8 Å². The van der Waals surface area contributed by atoms with E-state index in [1.54, 1.807) is 6.92 Å². The van der Waals surface area contributed by atoms with E-state index in [2.05, 4.69) is 20.6 Å². The summed E-state index contributed by atoms with van der Waals surface area (Å²) < 4.78 is 0. The van der Waals surface area contributed by atoms with Crippen LogP contribution in [0.2, 0.25) is 0 Å². The monoisotopic (exact) mass is 357 g/mol. The van der Waals surface area contributed by atoms with Gasteiger partial charge in [0.1, 0.15) is 0 Å². The second kappa shape index (κ2) is 6.66. The van der Waals surface area contributed by atoms with E-state index in [0.29, 0.717) is 17.0 Å². The van der Waals surface area contributed by atoms with Gasteiger partial charge in [0.15, 0.2) is 0 Å². The van der Waals surface area contributed by atoms with Gasteiger partial charge in [-0.3, -0.25) is 10.2 Å². The third-order valence-electron chi connectivity index (χ3n) is 4.70. The fourth-order valence-electron chi connectivity index (χ4n) is 3.49. The number of benzene rings is 2. The van der Waals surface area contributed by atoms with Crippen molar-refractivity contribution in [3.8, 4) is 22.4 Å². The molecule has 0 saturated carbocycles. The molecule has 27 heavy (non-hydrogen) atoms. The summed E-state index contributed by atoms with van der Waals surface area (Å²) in [6.07, 6.45) is 0. The van der Waals surface area contributed by atoms with Crippen molar-refractivity contribution in [2.45, 2.75) is 13.8 Å². The van der Waals surface area contributed by atoms with E-state index in [1.165, 1.54) is 0 Å². The molecule has 0 atom stereocenters. The van der Waals surface area contributed by atoms with Crippen LogP contribution in [0.25, 0.3) is 33.3 Å². The molecule has 6 heteroatoms. The lowest BCUT2D eigenvalue weighted by atomic mass is 9.92. The van der Waals surface area contributed by atoms with Crippen LogP contribution >= 0.6 is 0 Å². The van der Waals surface area contributed by atoms with Crippen molar-refractivity contribution in [3.63, 3.8) is 0 Å². The molecule has 4 N–H and O–H groups in total. The van der Waals surface area contributed by atoms with Crippen LogP contribution in [-0.2, 0) is 0 Å². The van der Waals surface area contributed by atoms with Gasteiger partial charge < -0.3 is 4.98 Å². The van der Waals surface area contributed by atoms with Gasteiger partial charge in [-0.15, -0.1) is 0 Å². The number of aromatic nitrogens is 3. The highest BCUT2D eigenvalue weighted by atomic mass is 16.2. The first-order valence-corrected chi connectivity index (χ1v) is 8.63. The molecule has 0 unspecified atom stereocenters. The molecule has 0 aliphatic heterocycles. The Morgan fingerprint density at radius 1 is 0.926 bits per heavy atom. The number of rotatable bonds is 3. The van der Waals surface area contributed by atoms with Crippen molar-refractivity contribution in [1.82, 2.24) is 20.6 Å². The molecule has 2 aromatic carbocycles. The number of hydrazine groups is 1. The Bertz CT molecular complexity index is 1150. The third-order valence-corrected chi connectivity index (χ3v) is 4.70. The Hall–Kier alpha value is -3.51. The van der Waals surface area contributed by atoms with Gasteiger partial charge in [-0.2, -0.15) is 10.2 Å². The topological polar surface area (TPSA) is 96.7 Å². The maximum absolute atomic E-state index is 12.6. The Balaban J connectivity index is 2.15. The summed E-state index contributed by atoms with van der Waals surface area (Å²) >= 11 is 0. The Labute approximate surface area is 156 Å². The first-order chi connectivity index (χ1) is 13.1. The second-order valence-corrected chi connectivity index (χ2v) is 6.38. The van der Waals surface area contributed by atoms with Crippen LogP contribution in [0.3, 0.4) is 0 Å². The lowest BCUT2D eigenvalue weighted by Crippen LogP contribution is -2.31. The number of fused-ring (bicyclic) bond motifs is 1. The summed E-state index contributed by atoms with van der Waals surface area (Å²) in [4.78, 5) is 16.1. The highest BCUT2D eigenvalue weighted by molar-refractivity contribution is 6.10. The molecule has 2 heterocycles. The number of H-pyrrole nitrogens is 1. The highest BCUT2D eigenvalue weighted by Crippen LogP contribution is 2.41. The number of carbonyl (C=O) groups excluding carboxylic acids is 1. The number of nitrogens with one attached hydrogen (secondary N) is 2. The standard InChI is InChI=1S/C21H19N5O/c1-12-17(18(21(27)24-22)13(2)26-25-12)19-15-10-6-7-11-16(15)23-20(19)14-8-4-3-5-9-14/h3-11,23H,22H2,1-2H3,(H,24,27). The Morgan fingerprint density at radius 2 is 1.59 bits per heavy atom. The molecule has 0 bridgehead atoms. The number of amides is 1. The maximum atomic E-state index is 12.6. The fraction of sp³-hybridized carbons (Fsp3) is 0.0952. The summed E-state index contributed by atoms with van der Waals surface area (Å²) in [6.45, 7) is 3.61. The van der Waals surface area contributed by atoms with Gasteiger partial charge in [0.05, 0.1) is 22.6 Å².